The highest BCUT2D eigenvalue weighted by atomic mass is 32.1. The SMILES string of the molecule is CCc1cnc(NC(=O)c2ccc(-c3nc([C@@H]4CCCCN4C(=O)/C=C/CO)n4ccnc(N)c34)cc2)s1. The van der Waals surface area contributed by atoms with Crippen LogP contribution >= 0.6 is 11.3 Å². The number of aliphatic hydroxyl groups is 1. The van der Waals surface area contributed by atoms with Crippen LogP contribution in [0, 0.1) is 0 Å². The molecule has 4 heterocycles. The first-order valence-corrected chi connectivity index (χ1v) is 13.4. The van der Waals surface area contributed by atoms with Gasteiger partial charge in [-0.1, -0.05) is 25.1 Å². The Labute approximate surface area is 223 Å². The Bertz CT molecular complexity index is 1490. The summed E-state index contributed by atoms with van der Waals surface area (Å²) < 4.78 is 1.90. The van der Waals surface area contributed by atoms with Gasteiger partial charge in [-0.15, -0.1) is 11.3 Å². The van der Waals surface area contributed by atoms with Crippen LogP contribution in [0.3, 0.4) is 0 Å². The Balaban J connectivity index is 1.48. The number of hydrogen-bond donors (Lipinski definition) is 3. The van der Waals surface area contributed by atoms with Gasteiger partial charge in [-0.3, -0.25) is 19.3 Å². The van der Waals surface area contributed by atoms with E-state index in [9.17, 15) is 9.59 Å². The van der Waals surface area contributed by atoms with Crippen LogP contribution in [0.25, 0.3) is 16.8 Å². The van der Waals surface area contributed by atoms with Crippen molar-refractivity contribution in [3.05, 3.63) is 71.3 Å². The predicted octanol–water partition coefficient (Wildman–Crippen LogP) is 3.85. The fourth-order valence-corrected chi connectivity index (χ4v) is 5.46. The van der Waals surface area contributed by atoms with E-state index in [0.29, 0.717) is 40.1 Å². The van der Waals surface area contributed by atoms with Gasteiger partial charge in [0.1, 0.15) is 22.9 Å². The van der Waals surface area contributed by atoms with E-state index in [1.165, 1.54) is 23.5 Å². The number of likely N-dealkylation sites (tertiary alicyclic amines) is 1. The van der Waals surface area contributed by atoms with Crippen LogP contribution in [0.2, 0.25) is 0 Å². The number of amides is 2. The van der Waals surface area contributed by atoms with E-state index in [1.807, 2.05) is 23.5 Å². The van der Waals surface area contributed by atoms with E-state index in [-0.39, 0.29) is 24.5 Å². The lowest BCUT2D eigenvalue weighted by Gasteiger charge is -2.34. The molecule has 0 spiro atoms. The van der Waals surface area contributed by atoms with Crippen LogP contribution in [0.15, 0.2) is 55.0 Å². The zero-order valence-corrected chi connectivity index (χ0v) is 21.8. The molecule has 38 heavy (non-hydrogen) atoms. The smallest absolute Gasteiger partial charge is 0.257 e. The zero-order valence-electron chi connectivity index (χ0n) is 21.0. The molecule has 1 aliphatic heterocycles. The molecule has 1 aliphatic rings. The molecule has 3 aromatic heterocycles. The van der Waals surface area contributed by atoms with Crippen LogP contribution in [-0.2, 0) is 11.2 Å². The number of benzene rings is 1. The van der Waals surface area contributed by atoms with Crippen molar-refractivity contribution in [2.24, 2.45) is 0 Å². The topological polar surface area (TPSA) is 139 Å². The number of aryl methyl sites for hydroxylation is 1. The van der Waals surface area contributed by atoms with Gasteiger partial charge in [-0.05, 0) is 37.8 Å². The van der Waals surface area contributed by atoms with Gasteiger partial charge in [-0.2, -0.15) is 0 Å². The summed E-state index contributed by atoms with van der Waals surface area (Å²) in [6.45, 7) is 2.45. The third kappa shape index (κ3) is 5.02. The predicted molar refractivity (Wildman–Crippen MR) is 147 cm³/mol. The monoisotopic (exact) mass is 531 g/mol. The molecular weight excluding hydrogens is 502 g/mol. The van der Waals surface area contributed by atoms with E-state index >= 15 is 0 Å². The number of imidazole rings is 1. The first-order chi connectivity index (χ1) is 18.5. The molecule has 1 aromatic carbocycles. The number of thiazole rings is 1. The van der Waals surface area contributed by atoms with Crippen LogP contribution in [0.5, 0.6) is 0 Å². The summed E-state index contributed by atoms with van der Waals surface area (Å²) >= 11 is 1.46. The molecule has 196 valence electrons. The fraction of sp³-hybridized carbons (Fsp3) is 0.296. The van der Waals surface area contributed by atoms with E-state index in [4.69, 9.17) is 15.8 Å². The quantitative estimate of drug-likeness (QED) is 0.308. The van der Waals surface area contributed by atoms with Crippen molar-refractivity contribution >= 4 is 39.6 Å². The maximum absolute atomic E-state index is 12.9. The van der Waals surface area contributed by atoms with Crippen molar-refractivity contribution in [2.75, 3.05) is 24.2 Å². The third-order valence-electron chi connectivity index (χ3n) is 6.60. The van der Waals surface area contributed by atoms with Gasteiger partial charge in [0.25, 0.3) is 5.91 Å². The minimum Gasteiger partial charge on any atom is -0.392 e. The molecule has 5 rings (SSSR count). The van der Waals surface area contributed by atoms with E-state index in [1.54, 1.807) is 35.6 Å². The van der Waals surface area contributed by atoms with Crippen molar-refractivity contribution in [1.29, 1.82) is 0 Å². The molecule has 1 saturated heterocycles. The number of hydrogen-bond acceptors (Lipinski definition) is 8. The molecule has 0 bridgehead atoms. The van der Waals surface area contributed by atoms with Crippen molar-refractivity contribution in [1.82, 2.24) is 24.3 Å². The van der Waals surface area contributed by atoms with Gasteiger partial charge in [0.2, 0.25) is 5.91 Å². The molecule has 0 radical (unpaired) electrons. The first-order valence-electron chi connectivity index (χ1n) is 12.6. The lowest BCUT2D eigenvalue weighted by Crippen LogP contribution is -2.38. The molecule has 4 aromatic rings. The number of nitrogens with one attached hydrogen (secondary N) is 1. The van der Waals surface area contributed by atoms with Crippen molar-refractivity contribution in [3.8, 4) is 11.3 Å². The van der Waals surface area contributed by atoms with Gasteiger partial charge < -0.3 is 15.7 Å². The number of nitrogens with zero attached hydrogens (tertiary/aromatic N) is 5. The van der Waals surface area contributed by atoms with Gasteiger partial charge in [0, 0.05) is 47.2 Å². The Morgan fingerprint density at radius 2 is 2.05 bits per heavy atom. The van der Waals surface area contributed by atoms with Crippen LogP contribution in [0.1, 0.15) is 53.3 Å². The summed E-state index contributed by atoms with van der Waals surface area (Å²) in [6, 6.07) is 6.90. The summed E-state index contributed by atoms with van der Waals surface area (Å²) in [5, 5.41) is 12.5. The van der Waals surface area contributed by atoms with Crippen LogP contribution in [-0.4, -0.2) is 54.3 Å². The third-order valence-corrected chi connectivity index (χ3v) is 7.66. The van der Waals surface area contributed by atoms with E-state index in [2.05, 4.69) is 15.3 Å². The summed E-state index contributed by atoms with van der Waals surface area (Å²) in [7, 11) is 0. The summed E-state index contributed by atoms with van der Waals surface area (Å²) in [5.41, 5.74) is 8.87. The number of fused-ring (bicyclic) bond motifs is 1. The Hall–Kier alpha value is -4.09. The molecule has 2 amide bonds. The minimum absolute atomic E-state index is 0.161. The summed E-state index contributed by atoms with van der Waals surface area (Å²) in [6.07, 6.45) is 11.5. The van der Waals surface area contributed by atoms with Gasteiger partial charge in [0.15, 0.2) is 5.13 Å². The fourth-order valence-electron chi connectivity index (χ4n) is 4.71. The summed E-state index contributed by atoms with van der Waals surface area (Å²) in [5.74, 6) is 0.627. The number of carbonyl (C=O) groups is 2. The number of nitrogens with two attached hydrogens (primary N) is 1. The standard InChI is InChI=1S/C27H29N7O3S/c1-2-19-16-30-27(38-19)32-26(37)18-10-8-17(9-11-18)22-23-24(28)29-12-14-34(23)25(31-22)20-6-3-4-13-33(20)21(36)7-5-15-35/h5,7-12,14,16,20,35H,2-4,6,13,15H2,1H3,(H2,28,29)(H,30,32,37)/b7-5+/t20-/m0/s1. The average Bonchev–Trinajstić information content (AvgIpc) is 3.57. The van der Waals surface area contributed by atoms with Crippen molar-refractivity contribution in [2.45, 2.75) is 38.6 Å². The number of nitrogen functional groups attached to an aromatic ring is 1. The number of aliphatic hydroxyl groups excluding tert-OH is 1. The first kappa shape index (κ1) is 25.6. The van der Waals surface area contributed by atoms with E-state index in [0.717, 1.165) is 36.1 Å². The van der Waals surface area contributed by atoms with Gasteiger partial charge in [0.05, 0.1) is 12.6 Å². The largest absolute Gasteiger partial charge is 0.392 e. The Morgan fingerprint density at radius 3 is 2.79 bits per heavy atom. The Kier molecular flexibility index (Phi) is 7.47. The highest BCUT2D eigenvalue weighted by Crippen LogP contribution is 2.36. The molecule has 0 unspecified atom stereocenters. The van der Waals surface area contributed by atoms with Crippen molar-refractivity contribution < 1.29 is 14.7 Å². The molecule has 11 heteroatoms. The number of aromatic nitrogens is 4. The highest BCUT2D eigenvalue weighted by molar-refractivity contribution is 7.15. The average molecular weight is 532 g/mol. The lowest BCUT2D eigenvalue weighted by molar-refractivity contribution is -0.130. The molecule has 4 N–H and O–H groups in total. The molecule has 0 aliphatic carbocycles. The number of carbonyl (C=O) groups excluding carboxylic acids is 2. The normalized spacial score (nSPS) is 15.8. The molecular formula is C27H29N7O3S. The van der Waals surface area contributed by atoms with Crippen LogP contribution < -0.4 is 11.1 Å². The molecule has 10 nitrogen and oxygen atoms in total. The van der Waals surface area contributed by atoms with Gasteiger partial charge in [-0.25, -0.2) is 15.0 Å². The summed E-state index contributed by atoms with van der Waals surface area (Å²) in [4.78, 5) is 42.0. The molecule has 1 atom stereocenters. The number of piperidine rings is 1. The Morgan fingerprint density at radius 1 is 1.24 bits per heavy atom. The van der Waals surface area contributed by atoms with Gasteiger partial charge >= 0.3 is 0 Å². The number of anilines is 2. The van der Waals surface area contributed by atoms with Crippen molar-refractivity contribution in [3.63, 3.8) is 0 Å². The maximum atomic E-state index is 12.9. The molecule has 0 saturated carbocycles. The van der Waals surface area contributed by atoms with Crippen LogP contribution in [0.4, 0.5) is 10.9 Å². The second kappa shape index (κ2) is 11.1. The highest BCUT2D eigenvalue weighted by Gasteiger charge is 2.31. The zero-order chi connectivity index (χ0) is 26.6. The van der Waals surface area contributed by atoms with E-state index < -0.39 is 0 Å². The second-order valence-corrected chi connectivity index (χ2v) is 10.1. The number of rotatable bonds is 7. The molecule has 1 fully saturated rings. The minimum atomic E-state index is -0.251. The maximum Gasteiger partial charge on any atom is 0.257 e. The lowest BCUT2D eigenvalue weighted by atomic mass is 10.0. The second-order valence-electron chi connectivity index (χ2n) is 8.99.